The summed E-state index contributed by atoms with van der Waals surface area (Å²) in [7, 11) is 0. The highest BCUT2D eigenvalue weighted by atomic mass is 16.5. The van der Waals surface area contributed by atoms with Gasteiger partial charge in [0.15, 0.2) is 0 Å². The van der Waals surface area contributed by atoms with Crippen molar-refractivity contribution in [2.75, 3.05) is 18.5 Å². The Bertz CT molecular complexity index is 1660. The number of aromatic nitrogens is 2. The van der Waals surface area contributed by atoms with Gasteiger partial charge in [-0.1, -0.05) is 55.7 Å². The number of carbonyl (C=O) groups excluding carboxylic acids is 2. The number of carbonyl (C=O) groups is 3. The molecule has 0 bridgehead atoms. The van der Waals surface area contributed by atoms with Crippen LogP contribution in [0.2, 0.25) is 0 Å². The fraction of sp³-hybridized carbons (Fsp3) is 0.294. The van der Waals surface area contributed by atoms with Gasteiger partial charge in [-0.25, -0.2) is 9.48 Å². The summed E-state index contributed by atoms with van der Waals surface area (Å²) in [5.74, 6) is -1.38. The van der Waals surface area contributed by atoms with Gasteiger partial charge in [-0.05, 0) is 60.9 Å². The van der Waals surface area contributed by atoms with Crippen molar-refractivity contribution in [3.8, 4) is 5.69 Å². The lowest BCUT2D eigenvalue weighted by Crippen LogP contribution is -2.57. The number of para-hydroxylation sites is 1. The molecule has 1 aliphatic heterocycles. The van der Waals surface area contributed by atoms with Crippen LogP contribution in [0.4, 0.5) is 5.69 Å². The van der Waals surface area contributed by atoms with Gasteiger partial charge in [0.25, 0.3) is 11.8 Å². The molecule has 1 aliphatic carbocycles. The van der Waals surface area contributed by atoms with Crippen LogP contribution in [0.15, 0.2) is 78.9 Å². The smallest absolute Gasteiger partial charge is 0.328 e. The second-order valence-electron chi connectivity index (χ2n) is 11.3. The van der Waals surface area contributed by atoms with Gasteiger partial charge in [0.2, 0.25) is 0 Å². The van der Waals surface area contributed by atoms with Crippen molar-refractivity contribution in [3.63, 3.8) is 0 Å². The normalized spacial score (nSPS) is 19.1. The molecule has 2 aliphatic rings. The molecule has 3 N–H and O–H groups in total. The van der Waals surface area contributed by atoms with Crippen LogP contribution >= 0.6 is 0 Å². The van der Waals surface area contributed by atoms with Crippen LogP contribution in [0.5, 0.6) is 0 Å². The number of hydrogen-bond donors (Lipinski definition) is 3. The summed E-state index contributed by atoms with van der Waals surface area (Å²) >= 11 is 0. The average molecular weight is 579 g/mol. The fourth-order valence-corrected chi connectivity index (χ4v) is 6.07. The molecule has 0 radical (unpaired) electrons. The van der Waals surface area contributed by atoms with Crippen molar-refractivity contribution in [1.29, 1.82) is 0 Å². The summed E-state index contributed by atoms with van der Waals surface area (Å²) in [6, 6.07) is 22.5. The zero-order valence-corrected chi connectivity index (χ0v) is 23.8. The average Bonchev–Trinajstić information content (AvgIpc) is 3.67. The maximum absolute atomic E-state index is 13.6. The van der Waals surface area contributed by atoms with Gasteiger partial charge in [0.05, 0.1) is 23.5 Å². The van der Waals surface area contributed by atoms with Gasteiger partial charge >= 0.3 is 5.97 Å². The van der Waals surface area contributed by atoms with Gasteiger partial charge in [-0.3, -0.25) is 9.59 Å². The molecule has 1 aromatic heterocycles. The molecule has 4 aromatic rings. The SMILES string of the molecule is O=C(O)/C=C/c1ccc(NC(=O)[C@]2(NC(=O)c3ccc4c(C5CCCCC5)n(-c5ccccc5)nc4c3)CCOC2)cc1. The monoisotopic (exact) mass is 578 g/mol. The number of nitrogens with zero attached hydrogens (tertiary/aromatic N) is 2. The minimum absolute atomic E-state index is 0.0563. The maximum Gasteiger partial charge on any atom is 0.328 e. The fourth-order valence-electron chi connectivity index (χ4n) is 6.07. The predicted octanol–water partition coefficient (Wildman–Crippen LogP) is 5.70. The minimum Gasteiger partial charge on any atom is -0.478 e. The second-order valence-corrected chi connectivity index (χ2v) is 11.3. The van der Waals surface area contributed by atoms with Gasteiger partial charge < -0.3 is 20.5 Å². The van der Waals surface area contributed by atoms with Gasteiger partial charge in [0, 0.05) is 41.7 Å². The minimum atomic E-state index is -1.23. The van der Waals surface area contributed by atoms with Gasteiger partial charge in [0.1, 0.15) is 5.54 Å². The summed E-state index contributed by atoms with van der Waals surface area (Å²) in [4.78, 5) is 37.9. The Morgan fingerprint density at radius 3 is 2.44 bits per heavy atom. The van der Waals surface area contributed by atoms with E-state index in [9.17, 15) is 14.4 Å². The van der Waals surface area contributed by atoms with Crippen molar-refractivity contribution in [1.82, 2.24) is 15.1 Å². The van der Waals surface area contributed by atoms with Crippen LogP contribution in [0, 0.1) is 0 Å². The lowest BCUT2D eigenvalue weighted by Gasteiger charge is -2.27. The number of rotatable bonds is 8. The molecule has 0 unspecified atom stereocenters. The van der Waals surface area contributed by atoms with Crippen LogP contribution in [-0.4, -0.2) is 51.4 Å². The zero-order chi connectivity index (χ0) is 29.8. The first kappa shape index (κ1) is 28.4. The zero-order valence-electron chi connectivity index (χ0n) is 23.8. The highest BCUT2D eigenvalue weighted by Gasteiger charge is 2.44. The molecule has 6 rings (SSSR count). The first-order valence-corrected chi connectivity index (χ1v) is 14.7. The third kappa shape index (κ3) is 6.08. The maximum atomic E-state index is 13.6. The van der Waals surface area contributed by atoms with Crippen LogP contribution in [0.1, 0.15) is 66.1 Å². The molecule has 2 amide bonds. The summed E-state index contributed by atoms with van der Waals surface area (Å²) in [5.41, 5.74) is 3.34. The van der Waals surface area contributed by atoms with Crippen LogP contribution in [0.3, 0.4) is 0 Å². The van der Waals surface area contributed by atoms with Crippen molar-refractivity contribution in [3.05, 3.63) is 95.7 Å². The van der Waals surface area contributed by atoms with E-state index in [1.165, 1.54) is 31.0 Å². The largest absolute Gasteiger partial charge is 0.478 e. The lowest BCUT2D eigenvalue weighted by molar-refractivity contribution is -0.131. The number of fused-ring (bicyclic) bond motifs is 1. The Morgan fingerprint density at radius 1 is 0.977 bits per heavy atom. The molecule has 3 aromatic carbocycles. The van der Waals surface area contributed by atoms with Gasteiger partial charge in [-0.2, -0.15) is 5.10 Å². The van der Waals surface area contributed by atoms with Crippen molar-refractivity contribution >= 4 is 40.4 Å². The Morgan fingerprint density at radius 2 is 1.74 bits per heavy atom. The summed E-state index contributed by atoms with van der Waals surface area (Å²) in [6.45, 7) is 0.401. The number of carboxylic acid groups (broad SMARTS) is 1. The Labute approximate surface area is 249 Å². The number of carboxylic acids is 1. The number of ether oxygens (including phenoxy) is 1. The van der Waals surface area contributed by atoms with E-state index in [0.717, 1.165) is 35.5 Å². The molecule has 1 atom stereocenters. The van der Waals surface area contributed by atoms with Crippen LogP contribution in [0.25, 0.3) is 22.7 Å². The van der Waals surface area contributed by atoms with Gasteiger partial charge in [-0.15, -0.1) is 0 Å². The second kappa shape index (κ2) is 12.2. The van der Waals surface area contributed by atoms with E-state index in [-0.39, 0.29) is 18.4 Å². The van der Waals surface area contributed by atoms with E-state index < -0.39 is 11.5 Å². The molecule has 0 spiro atoms. The van der Waals surface area contributed by atoms with E-state index in [4.69, 9.17) is 14.9 Å². The van der Waals surface area contributed by atoms with Crippen molar-refractivity contribution in [2.45, 2.75) is 50.0 Å². The third-order valence-corrected chi connectivity index (χ3v) is 8.36. The van der Waals surface area contributed by atoms with Crippen molar-refractivity contribution < 1.29 is 24.2 Å². The molecule has 2 heterocycles. The molecule has 2 fully saturated rings. The molecule has 9 nitrogen and oxygen atoms in total. The molecular weight excluding hydrogens is 544 g/mol. The number of nitrogens with one attached hydrogen (secondary N) is 2. The topological polar surface area (TPSA) is 123 Å². The number of amides is 2. The van der Waals surface area contributed by atoms with E-state index in [1.54, 1.807) is 30.3 Å². The molecule has 220 valence electrons. The van der Waals surface area contributed by atoms with E-state index in [2.05, 4.69) is 22.8 Å². The van der Waals surface area contributed by atoms with Crippen LogP contribution < -0.4 is 10.6 Å². The molecule has 9 heteroatoms. The Hall–Kier alpha value is -4.76. The standard InChI is InChI=1S/C34H34N4O5/c39-30(40)18-13-23-11-15-26(16-12-23)35-33(42)34(19-20-43-22-34)36-32(41)25-14-17-28-29(21-25)37-38(27-9-5-2-6-10-27)31(28)24-7-3-1-4-8-24/h2,5-6,9-18,21,24H,1,3-4,7-8,19-20,22H2,(H,35,42)(H,36,41)(H,39,40)/b18-13+/t34-/m0/s1. The number of aliphatic carboxylic acids is 1. The predicted molar refractivity (Wildman–Crippen MR) is 164 cm³/mol. The van der Waals surface area contributed by atoms with E-state index in [0.29, 0.717) is 35.8 Å². The van der Waals surface area contributed by atoms with Crippen LogP contribution in [-0.2, 0) is 14.3 Å². The third-order valence-electron chi connectivity index (χ3n) is 8.36. The molecule has 43 heavy (non-hydrogen) atoms. The summed E-state index contributed by atoms with van der Waals surface area (Å²) < 4.78 is 7.61. The number of hydrogen-bond acceptors (Lipinski definition) is 5. The quantitative estimate of drug-likeness (QED) is 0.231. The highest BCUT2D eigenvalue weighted by Crippen LogP contribution is 2.38. The lowest BCUT2D eigenvalue weighted by atomic mass is 9.85. The Kier molecular flexibility index (Phi) is 8.07. The summed E-state index contributed by atoms with van der Waals surface area (Å²) in [6.07, 6.45) is 8.75. The van der Waals surface area contributed by atoms with E-state index >= 15 is 0 Å². The molecule has 1 saturated heterocycles. The first-order chi connectivity index (χ1) is 20.9. The highest BCUT2D eigenvalue weighted by molar-refractivity contribution is 6.05. The first-order valence-electron chi connectivity index (χ1n) is 14.7. The number of anilines is 1. The van der Waals surface area contributed by atoms with Crippen molar-refractivity contribution in [2.24, 2.45) is 0 Å². The molecule has 1 saturated carbocycles. The molecular formula is C34H34N4O5. The number of benzene rings is 3. The van der Waals surface area contributed by atoms with E-state index in [1.807, 2.05) is 35.0 Å². The Balaban J connectivity index is 1.24. The summed E-state index contributed by atoms with van der Waals surface area (Å²) in [5, 5.41) is 20.7.